The number of fused-ring (bicyclic) bond motifs is 8. The Labute approximate surface area is 328 Å². The molecule has 1 aliphatic carbocycles. The molecule has 3 amide bonds. The minimum absolute atomic E-state index is 0.0602. The molecule has 3 saturated heterocycles. The van der Waals surface area contributed by atoms with Crippen molar-refractivity contribution in [3.05, 3.63) is 76.7 Å². The zero-order valence-electron chi connectivity index (χ0n) is 31.7. The number of anilines is 2. The number of rotatable bonds is 7. The largest absolute Gasteiger partial charge is 0.489 e. The zero-order chi connectivity index (χ0) is 38.7. The van der Waals surface area contributed by atoms with Crippen LogP contribution in [0.3, 0.4) is 0 Å². The number of piperidine rings is 2. The third kappa shape index (κ3) is 5.78. The monoisotopic (exact) mass is 777 g/mol. The Morgan fingerprint density at radius 3 is 2.60 bits per heavy atom. The first-order valence-corrected chi connectivity index (χ1v) is 20.3. The van der Waals surface area contributed by atoms with Crippen LogP contribution in [-0.2, 0) is 22.6 Å². The van der Waals surface area contributed by atoms with Crippen LogP contribution in [0.25, 0.3) is 10.9 Å². The maximum absolute atomic E-state index is 13.9. The van der Waals surface area contributed by atoms with Crippen molar-refractivity contribution in [3.8, 4) is 5.75 Å². The molecule has 13 nitrogen and oxygen atoms in total. The first kappa shape index (κ1) is 35.0. The fraction of sp³-hybridized carbons (Fsp3) is 0.500. The average Bonchev–Trinajstić information content (AvgIpc) is 3.51. The first-order chi connectivity index (χ1) is 27.7. The summed E-state index contributed by atoms with van der Waals surface area (Å²) < 4.78 is 34.0. The van der Waals surface area contributed by atoms with Gasteiger partial charge in [0, 0.05) is 98.4 Å². The van der Waals surface area contributed by atoms with Crippen LogP contribution in [0.2, 0.25) is 0 Å². The van der Waals surface area contributed by atoms with Crippen molar-refractivity contribution in [1.82, 2.24) is 35.0 Å². The Balaban J connectivity index is 0.722. The Kier molecular flexibility index (Phi) is 8.11. The molecule has 1 unspecified atom stereocenters. The van der Waals surface area contributed by atoms with Gasteiger partial charge in [0.1, 0.15) is 18.4 Å². The molecule has 6 aliphatic heterocycles. The number of piperazine rings is 1. The lowest BCUT2D eigenvalue weighted by atomic mass is 9.89. The molecule has 57 heavy (non-hydrogen) atoms. The van der Waals surface area contributed by atoms with Crippen LogP contribution in [0.4, 0.5) is 20.4 Å². The van der Waals surface area contributed by atoms with Crippen LogP contribution in [0.1, 0.15) is 58.5 Å². The number of amides is 3. The van der Waals surface area contributed by atoms with E-state index in [1.54, 1.807) is 4.90 Å². The van der Waals surface area contributed by atoms with Crippen molar-refractivity contribution >= 4 is 40.3 Å². The molecule has 2 N–H and O–H groups in total. The highest BCUT2D eigenvalue weighted by Crippen LogP contribution is 2.53. The number of nitrogens with zero attached hydrogens (tertiary/aromatic N) is 7. The summed E-state index contributed by atoms with van der Waals surface area (Å²) in [7, 11) is 0. The molecule has 296 valence electrons. The number of ether oxygens (including phenoxy) is 1. The molecule has 8 heterocycles. The van der Waals surface area contributed by atoms with Gasteiger partial charge in [-0.15, -0.1) is 0 Å². The maximum Gasteiger partial charge on any atom is 0.255 e. The van der Waals surface area contributed by atoms with Crippen molar-refractivity contribution in [1.29, 1.82) is 0 Å². The van der Waals surface area contributed by atoms with Crippen LogP contribution < -0.4 is 19.9 Å². The number of para-hydroxylation sites is 1. The molecule has 7 atom stereocenters. The summed E-state index contributed by atoms with van der Waals surface area (Å²) in [5, 5.41) is 3.52. The molecule has 11 rings (SSSR count). The summed E-state index contributed by atoms with van der Waals surface area (Å²) in [6, 6.07) is 11.2. The van der Waals surface area contributed by atoms with E-state index in [1.807, 2.05) is 48.5 Å². The summed E-state index contributed by atoms with van der Waals surface area (Å²) >= 11 is 0. The Morgan fingerprint density at radius 1 is 1.00 bits per heavy atom. The molecule has 0 spiro atoms. The Morgan fingerprint density at radius 2 is 1.81 bits per heavy atom. The van der Waals surface area contributed by atoms with E-state index in [9.17, 15) is 23.2 Å². The smallest absolute Gasteiger partial charge is 0.255 e. The number of halogens is 2. The SMILES string of the molecule is C[C@@H]1Cc2c([nH]c3ccccc23)[C@@H](c2cnc(N3C[C@@H]4C(CN5CCN6c7cc8c(cc7OC[C@@H]6C5)C(=O)N([C@H]5CCC(=O)NC5=O)C8)[C@@H]4C3)nc2)N1CC(F)F. The van der Waals surface area contributed by atoms with Crippen molar-refractivity contribution in [3.63, 3.8) is 0 Å². The maximum atomic E-state index is 13.9. The molecule has 0 radical (unpaired) electrons. The van der Waals surface area contributed by atoms with E-state index in [1.165, 1.54) is 5.56 Å². The lowest BCUT2D eigenvalue weighted by Gasteiger charge is -2.46. The fourth-order valence-corrected chi connectivity index (χ4v) is 11.0. The van der Waals surface area contributed by atoms with Crippen molar-refractivity contribution in [2.75, 3.05) is 62.2 Å². The van der Waals surface area contributed by atoms with Crippen LogP contribution in [0.5, 0.6) is 5.75 Å². The van der Waals surface area contributed by atoms with E-state index in [4.69, 9.17) is 14.7 Å². The van der Waals surface area contributed by atoms with Gasteiger partial charge in [-0.25, -0.2) is 18.7 Å². The van der Waals surface area contributed by atoms with Gasteiger partial charge in [-0.1, -0.05) is 18.2 Å². The second-order valence-electron chi connectivity index (χ2n) is 17.1. The van der Waals surface area contributed by atoms with Gasteiger partial charge in [-0.3, -0.25) is 29.5 Å². The first-order valence-electron chi connectivity index (χ1n) is 20.3. The molecule has 15 heteroatoms. The molecule has 4 fully saturated rings. The van der Waals surface area contributed by atoms with E-state index in [0.29, 0.717) is 61.0 Å². The molecule has 1 saturated carbocycles. The number of hydrogen-bond acceptors (Lipinski definition) is 10. The number of aromatic amines is 1. The molecule has 0 bridgehead atoms. The standard InChI is InChI=1S/C42H45F2N9O4/c1-22-10-28-26-4-2-3-5-32(26)47-38(28)39(52(22)20-36(43)44)24-13-45-42(46-14-24)50-18-30-29(31(30)19-50)17-49-8-9-51-25(16-49)21-57-35-12-27-23(11-34(35)51)15-53(41(27)56)33-6-7-37(54)48-40(33)55/h2-5,11-14,22,25,29-31,33,36,39,47H,6-10,15-21H2,1H3,(H,48,54,55)/t22-,25+,29?,30-,31+,33+,39-/m1/s1. The van der Waals surface area contributed by atoms with Crippen LogP contribution in [0, 0.1) is 17.8 Å². The normalized spacial score (nSPS) is 29.6. The quantitative estimate of drug-likeness (QED) is 0.269. The molecule has 4 aromatic rings. The van der Waals surface area contributed by atoms with Crippen molar-refractivity contribution in [2.24, 2.45) is 17.8 Å². The summed E-state index contributed by atoms with van der Waals surface area (Å²) in [5.74, 6) is 2.34. The summed E-state index contributed by atoms with van der Waals surface area (Å²) in [4.78, 5) is 61.6. The third-order valence-corrected chi connectivity index (χ3v) is 13.9. The number of benzene rings is 2. The molecule has 7 aliphatic rings. The summed E-state index contributed by atoms with van der Waals surface area (Å²) in [6.07, 6.45) is 2.50. The van der Waals surface area contributed by atoms with E-state index < -0.39 is 18.4 Å². The minimum atomic E-state index is -2.45. The van der Waals surface area contributed by atoms with Crippen LogP contribution in [0.15, 0.2) is 48.8 Å². The third-order valence-electron chi connectivity index (χ3n) is 13.9. The number of imide groups is 1. The predicted octanol–water partition coefficient (Wildman–Crippen LogP) is 3.59. The number of nitrogens with one attached hydrogen (secondary N) is 2. The second kappa shape index (κ2) is 13.2. The number of carbonyl (C=O) groups is 3. The fourth-order valence-electron chi connectivity index (χ4n) is 11.0. The van der Waals surface area contributed by atoms with Gasteiger partial charge in [-0.05, 0) is 66.8 Å². The van der Waals surface area contributed by atoms with E-state index >= 15 is 0 Å². The van der Waals surface area contributed by atoms with Crippen molar-refractivity contribution < 1.29 is 27.9 Å². The number of aromatic nitrogens is 3. The number of carbonyl (C=O) groups excluding carboxylic acids is 3. The highest BCUT2D eigenvalue weighted by Gasteiger charge is 2.56. The summed E-state index contributed by atoms with van der Waals surface area (Å²) in [6.45, 7) is 8.21. The van der Waals surface area contributed by atoms with Gasteiger partial charge in [0.25, 0.3) is 12.3 Å². The van der Waals surface area contributed by atoms with E-state index in [2.05, 4.69) is 37.1 Å². The van der Waals surface area contributed by atoms with Crippen LogP contribution >= 0.6 is 0 Å². The molecule has 2 aromatic carbocycles. The highest BCUT2D eigenvalue weighted by atomic mass is 19.3. The average molecular weight is 778 g/mol. The lowest BCUT2D eigenvalue weighted by Crippen LogP contribution is -2.57. The van der Waals surface area contributed by atoms with Gasteiger partial charge in [-0.2, -0.15) is 0 Å². The minimum Gasteiger partial charge on any atom is -0.489 e. The molecular weight excluding hydrogens is 733 g/mol. The number of alkyl halides is 2. The number of H-pyrrole nitrogens is 1. The zero-order valence-corrected chi connectivity index (χ0v) is 31.7. The Bertz CT molecular complexity index is 2290. The highest BCUT2D eigenvalue weighted by molar-refractivity contribution is 6.06. The second-order valence-corrected chi connectivity index (χ2v) is 17.1. The topological polar surface area (TPSA) is 130 Å². The number of hydrogen-bond donors (Lipinski definition) is 2. The molecular formula is C42H45F2N9O4. The van der Waals surface area contributed by atoms with Gasteiger partial charge in [0.15, 0.2) is 0 Å². The predicted molar refractivity (Wildman–Crippen MR) is 206 cm³/mol. The lowest BCUT2D eigenvalue weighted by molar-refractivity contribution is -0.136. The van der Waals surface area contributed by atoms with Gasteiger partial charge < -0.3 is 24.4 Å². The van der Waals surface area contributed by atoms with Crippen molar-refractivity contribution in [2.45, 2.75) is 63.3 Å². The van der Waals surface area contributed by atoms with Gasteiger partial charge >= 0.3 is 0 Å². The van der Waals surface area contributed by atoms with Gasteiger partial charge in [0.2, 0.25) is 17.8 Å². The summed E-state index contributed by atoms with van der Waals surface area (Å²) in [5.41, 5.74) is 6.46. The Hall–Kier alpha value is -5.15. The van der Waals surface area contributed by atoms with Crippen LogP contribution in [-0.4, -0.2) is 124 Å². The van der Waals surface area contributed by atoms with E-state index in [-0.39, 0.29) is 42.9 Å². The molecule has 2 aromatic heterocycles. The van der Waals surface area contributed by atoms with Gasteiger partial charge in [0.05, 0.1) is 24.3 Å². The van der Waals surface area contributed by atoms with E-state index in [0.717, 1.165) is 72.7 Å².